The minimum atomic E-state index is -0.237. The summed E-state index contributed by atoms with van der Waals surface area (Å²) in [7, 11) is 0. The Hall–Kier alpha value is -2.12. The van der Waals surface area contributed by atoms with Crippen LogP contribution in [0.1, 0.15) is 44.0 Å². The number of piperidine rings is 1. The number of amides is 3. The number of piperazine rings is 1. The molecular formula is C23H33ClN4O3. The standard InChI is InChI=1S/C23H33ClN4O3/c1-23(2,3)25-20(29)16-26-12-14-28(15-13-26)22(31)18-8-10-27(11-9-18)21(30)17-4-6-19(24)7-5-17/h4-7,18H,8-16H2,1-3H3,(H,25,29). The van der Waals surface area contributed by atoms with Crippen LogP contribution in [0.15, 0.2) is 24.3 Å². The van der Waals surface area contributed by atoms with Crippen LogP contribution in [0.5, 0.6) is 0 Å². The zero-order valence-corrected chi connectivity index (χ0v) is 19.5. The van der Waals surface area contributed by atoms with Crippen molar-refractivity contribution in [2.24, 2.45) is 5.92 Å². The predicted octanol–water partition coefficient (Wildman–Crippen LogP) is 2.25. The summed E-state index contributed by atoms with van der Waals surface area (Å²) in [5.74, 6) is 0.150. The highest BCUT2D eigenvalue weighted by atomic mass is 35.5. The van der Waals surface area contributed by atoms with Gasteiger partial charge in [0.25, 0.3) is 5.91 Å². The van der Waals surface area contributed by atoms with Crippen LogP contribution in [0.3, 0.4) is 0 Å². The molecule has 0 aromatic heterocycles. The van der Waals surface area contributed by atoms with E-state index in [0.29, 0.717) is 69.2 Å². The van der Waals surface area contributed by atoms with Gasteiger partial charge < -0.3 is 15.1 Å². The second-order valence-electron chi connectivity index (χ2n) is 9.47. The molecule has 1 aromatic rings. The fourth-order valence-electron chi connectivity index (χ4n) is 4.15. The lowest BCUT2D eigenvalue weighted by molar-refractivity contribution is -0.138. The molecular weight excluding hydrogens is 416 g/mol. The number of nitrogens with one attached hydrogen (secondary N) is 1. The molecule has 31 heavy (non-hydrogen) atoms. The SMILES string of the molecule is CC(C)(C)NC(=O)CN1CCN(C(=O)C2CCN(C(=O)c3ccc(Cl)cc3)CC2)CC1. The first-order valence-electron chi connectivity index (χ1n) is 11.0. The van der Waals surface area contributed by atoms with E-state index in [-0.39, 0.29) is 29.2 Å². The summed E-state index contributed by atoms with van der Waals surface area (Å²) < 4.78 is 0. The van der Waals surface area contributed by atoms with E-state index in [1.165, 1.54) is 0 Å². The first-order valence-corrected chi connectivity index (χ1v) is 11.4. The average molecular weight is 449 g/mol. The molecule has 170 valence electrons. The zero-order chi connectivity index (χ0) is 22.6. The van der Waals surface area contributed by atoms with E-state index in [1.807, 2.05) is 30.6 Å². The number of halogens is 1. The van der Waals surface area contributed by atoms with Crippen LogP contribution in [0.4, 0.5) is 0 Å². The third-order valence-electron chi connectivity index (χ3n) is 5.79. The lowest BCUT2D eigenvalue weighted by Gasteiger charge is -2.38. The number of benzene rings is 1. The fraction of sp³-hybridized carbons (Fsp3) is 0.609. The number of likely N-dealkylation sites (tertiary alicyclic amines) is 1. The monoisotopic (exact) mass is 448 g/mol. The lowest BCUT2D eigenvalue weighted by atomic mass is 9.94. The Labute approximate surface area is 189 Å². The summed E-state index contributed by atoms with van der Waals surface area (Å²) >= 11 is 5.90. The van der Waals surface area contributed by atoms with E-state index < -0.39 is 0 Å². The van der Waals surface area contributed by atoms with Gasteiger partial charge in [-0.25, -0.2) is 0 Å². The van der Waals surface area contributed by atoms with Gasteiger partial charge in [0.1, 0.15) is 0 Å². The number of rotatable bonds is 4. The first-order chi connectivity index (χ1) is 14.6. The molecule has 7 nitrogen and oxygen atoms in total. The minimum absolute atomic E-state index is 0.00952. The van der Waals surface area contributed by atoms with Gasteiger partial charge in [0.05, 0.1) is 6.54 Å². The molecule has 3 rings (SSSR count). The van der Waals surface area contributed by atoms with Crippen LogP contribution in [0.2, 0.25) is 5.02 Å². The molecule has 0 bridgehead atoms. The lowest BCUT2D eigenvalue weighted by Crippen LogP contribution is -2.54. The van der Waals surface area contributed by atoms with Gasteiger partial charge in [-0.2, -0.15) is 0 Å². The number of hydrogen-bond acceptors (Lipinski definition) is 4. The van der Waals surface area contributed by atoms with Crippen molar-refractivity contribution in [2.45, 2.75) is 39.2 Å². The summed E-state index contributed by atoms with van der Waals surface area (Å²) in [6, 6.07) is 6.92. The van der Waals surface area contributed by atoms with Crippen LogP contribution < -0.4 is 5.32 Å². The molecule has 0 unspecified atom stereocenters. The molecule has 2 saturated heterocycles. The van der Waals surface area contributed by atoms with Gasteiger partial charge in [0.2, 0.25) is 11.8 Å². The van der Waals surface area contributed by atoms with Gasteiger partial charge in [-0.05, 0) is 57.9 Å². The van der Waals surface area contributed by atoms with E-state index >= 15 is 0 Å². The highest BCUT2D eigenvalue weighted by Crippen LogP contribution is 2.22. The van der Waals surface area contributed by atoms with Crippen molar-refractivity contribution in [3.8, 4) is 0 Å². The number of carbonyl (C=O) groups is 3. The van der Waals surface area contributed by atoms with Crippen molar-refractivity contribution in [3.05, 3.63) is 34.9 Å². The molecule has 0 atom stereocenters. The molecule has 0 spiro atoms. The summed E-state index contributed by atoms with van der Waals surface area (Å²) in [5.41, 5.74) is 0.388. The van der Waals surface area contributed by atoms with Crippen molar-refractivity contribution in [1.82, 2.24) is 20.0 Å². The molecule has 0 aliphatic carbocycles. The van der Waals surface area contributed by atoms with Crippen LogP contribution in [0.25, 0.3) is 0 Å². The van der Waals surface area contributed by atoms with Crippen molar-refractivity contribution in [2.75, 3.05) is 45.8 Å². The average Bonchev–Trinajstić information content (AvgIpc) is 2.72. The highest BCUT2D eigenvalue weighted by molar-refractivity contribution is 6.30. The normalized spacial score (nSPS) is 18.7. The summed E-state index contributed by atoms with van der Waals surface area (Å²) in [6.07, 6.45) is 1.37. The van der Waals surface area contributed by atoms with Gasteiger partial charge in [0, 0.05) is 61.3 Å². The van der Waals surface area contributed by atoms with E-state index in [0.717, 1.165) is 0 Å². The van der Waals surface area contributed by atoms with Gasteiger partial charge in [0.15, 0.2) is 0 Å². The van der Waals surface area contributed by atoms with Crippen LogP contribution >= 0.6 is 11.6 Å². The molecule has 2 heterocycles. The van der Waals surface area contributed by atoms with Gasteiger partial charge in [-0.3, -0.25) is 19.3 Å². The van der Waals surface area contributed by atoms with Crippen molar-refractivity contribution in [1.29, 1.82) is 0 Å². The summed E-state index contributed by atoms with van der Waals surface area (Å²) in [4.78, 5) is 43.6. The van der Waals surface area contributed by atoms with E-state index in [9.17, 15) is 14.4 Å². The Bertz CT molecular complexity index is 790. The molecule has 0 saturated carbocycles. The maximum atomic E-state index is 13.0. The second kappa shape index (κ2) is 10.0. The number of hydrogen-bond donors (Lipinski definition) is 1. The Kier molecular flexibility index (Phi) is 7.59. The van der Waals surface area contributed by atoms with Crippen LogP contribution in [-0.4, -0.2) is 83.8 Å². The molecule has 1 aromatic carbocycles. The third kappa shape index (κ3) is 6.68. The maximum absolute atomic E-state index is 13.0. The Morgan fingerprint density at radius 2 is 1.52 bits per heavy atom. The maximum Gasteiger partial charge on any atom is 0.253 e. The summed E-state index contributed by atoms with van der Waals surface area (Å²) in [6.45, 7) is 10.1. The van der Waals surface area contributed by atoms with E-state index in [4.69, 9.17) is 11.6 Å². The van der Waals surface area contributed by atoms with Gasteiger partial charge >= 0.3 is 0 Å². The molecule has 2 aliphatic rings. The Morgan fingerprint density at radius 1 is 0.935 bits per heavy atom. The van der Waals surface area contributed by atoms with Crippen molar-refractivity contribution < 1.29 is 14.4 Å². The second-order valence-corrected chi connectivity index (χ2v) is 9.91. The largest absolute Gasteiger partial charge is 0.350 e. The quantitative estimate of drug-likeness (QED) is 0.766. The number of carbonyl (C=O) groups excluding carboxylic acids is 3. The number of nitrogens with zero attached hydrogens (tertiary/aromatic N) is 3. The van der Waals surface area contributed by atoms with Gasteiger partial charge in [-0.1, -0.05) is 11.6 Å². The van der Waals surface area contributed by atoms with Crippen LogP contribution in [0, 0.1) is 5.92 Å². The first kappa shape index (κ1) is 23.5. The van der Waals surface area contributed by atoms with Crippen molar-refractivity contribution >= 4 is 29.3 Å². The molecule has 1 N–H and O–H groups in total. The molecule has 3 amide bonds. The predicted molar refractivity (Wildman–Crippen MR) is 121 cm³/mol. The van der Waals surface area contributed by atoms with E-state index in [2.05, 4.69) is 10.2 Å². The highest BCUT2D eigenvalue weighted by Gasteiger charge is 2.32. The van der Waals surface area contributed by atoms with Crippen molar-refractivity contribution in [3.63, 3.8) is 0 Å². The topological polar surface area (TPSA) is 73.0 Å². The zero-order valence-electron chi connectivity index (χ0n) is 18.7. The van der Waals surface area contributed by atoms with Crippen LogP contribution in [-0.2, 0) is 9.59 Å². The Balaban J connectivity index is 1.42. The summed E-state index contributed by atoms with van der Waals surface area (Å²) in [5, 5.41) is 3.59. The van der Waals surface area contributed by atoms with E-state index in [1.54, 1.807) is 24.3 Å². The molecule has 2 fully saturated rings. The Morgan fingerprint density at radius 3 is 2.06 bits per heavy atom. The minimum Gasteiger partial charge on any atom is -0.350 e. The third-order valence-corrected chi connectivity index (χ3v) is 6.04. The van der Waals surface area contributed by atoms with Gasteiger partial charge in [-0.15, -0.1) is 0 Å². The molecule has 8 heteroatoms. The molecule has 0 radical (unpaired) electrons. The smallest absolute Gasteiger partial charge is 0.253 e. The fourth-order valence-corrected chi connectivity index (χ4v) is 4.28. The molecule has 2 aliphatic heterocycles.